The zero-order chi connectivity index (χ0) is 13.9. The van der Waals surface area contributed by atoms with Crippen molar-refractivity contribution < 1.29 is 18.0 Å². The average Bonchev–Trinajstić information content (AvgIpc) is 2.89. The van der Waals surface area contributed by atoms with E-state index in [-0.39, 0.29) is 12.5 Å². The minimum atomic E-state index is -4.33. The number of hydrogen-bond donors (Lipinski definition) is 1. The fourth-order valence-electron chi connectivity index (χ4n) is 2.03. The van der Waals surface area contributed by atoms with Gasteiger partial charge in [-0.3, -0.25) is 4.79 Å². The Morgan fingerprint density at radius 2 is 1.74 bits per heavy atom. The Hall–Kier alpha value is -1.72. The van der Waals surface area contributed by atoms with E-state index in [0.717, 1.165) is 38.1 Å². The quantitative estimate of drug-likeness (QED) is 0.917. The number of rotatable bonds is 3. The summed E-state index contributed by atoms with van der Waals surface area (Å²) in [5.74, 6) is -0.0163. The van der Waals surface area contributed by atoms with Gasteiger partial charge in [0.25, 0.3) is 0 Å². The summed E-state index contributed by atoms with van der Waals surface area (Å²) < 4.78 is 37.1. The third kappa shape index (κ3) is 3.62. The second-order valence-corrected chi connectivity index (χ2v) is 4.52. The van der Waals surface area contributed by atoms with Gasteiger partial charge in [0.1, 0.15) is 0 Å². The summed E-state index contributed by atoms with van der Waals surface area (Å²) in [5.41, 5.74) is -0.176. The van der Waals surface area contributed by atoms with Gasteiger partial charge in [0.2, 0.25) is 5.91 Å². The lowest BCUT2D eigenvalue weighted by atomic mass is 10.2. The van der Waals surface area contributed by atoms with Crippen LogP contribution in [0.4, 0.5) is 18.9 Å². The second kappa shape index (κ2) is 5.50. The van der Waals surface area contributed by atoms with Crippen molar-refractivity contribution in [3.05, 3.63) is 29.8 Å². The first-order valence-electron chi connectivity index (χ1n) is 6.16. The van der Waals surface area contributed by atoms with Gasteiger partial charge in [-0.15, -0.1) is 0 Å². The molecule has 2 rings (SSSR count). The molecule has 0 atom stereocenters. The lowest BCUT2D eigenvalue weighted by Crippen LogP contribution is -2.32. The number of hydrogen-bond acceptors (Lipinski definition) is 2. The number of likely N-dealkylation sites (tertiary alicyclic amines) is 1. The van der Waals surface area contributed by atoms with E-state index in [2.05, 4.69) is 5.32 Å². The molecular weight excluding hydrogens is 257 g/mol. The van der Waals surface area contributed by atoms with Crippen LogP contribution in [-0.4, -0.2) is 30.4 Å². The first-order chi connectivity index (χ1) is 8.97. The molecule has 3 nitrogen and oxygen atoms in total. The van der Waals surface area contributed by atoms with Gasteiger partial charge in [0.05, 0.1) is 12.1 Å². The van der Waals surface area contributed by atoms with Crippen molar-refractivity contribution in [1.82, 2.24) is 4.90 Å². The van der Waals surface area contributed by atoms with Crippen LogP contribution in [-0.2, 0) is 11.0 Å². The van der Waals surface area contributed by atoms with E-state index in [1.165, 1.54) is 12.1 Å². The zero-order valence-corrected chi connectivity index (χ0v) is 10.3. The Morgan fingerprint density at radius 1 is 1.16 bits per heavy atom. The van der Waals surface area contributed by atoms with Crippen LogP contribution in [0.3, 0.4) is 0 Å². The van der Waals surface area contributed by atoms with Gasteiger partial charge in [0.15, 0.2) is 0 Å². The molecule has 0 aliphatic carbocycles. The summed E-state index contributed by atoms with van der Waals surface area (Å²) >= 11 is 0. The van der Waals surface area contributed by atoms with E-state index in [4.69, 9.17) is 0 Å². The summed E-state index contributed by atoms with van der Waals surface area (Å²) in [4.78, 5) is 13.5. The topological polar surface area (TPSA) is 32.3 Å². The fourth-order valence-corrected chi connectivity index (χ4v) is 2.03. The van der Waals surface area contributed by atoms with Gasteiger partial charge in [-0.05, 0) is 37.1 Å². The van der Waals surface area contributed by atoms with E-state index < -0.39 is 11.7 Å². The second-order valence-electron chi connectivity index (χ2n) is 4.52. The van der Waals surface area contributed by atoms with E-state index >= 15 is 0 Å². The molecular formula is C13H15F3N2O. The summed E-state index contributed by atoms with van der Waals surface area (Å²) in [5, 5.41) is 2.84. The van der Waals surface area contributed by atoms with E-state index in [0.29, 0.717) is 5.69 Å². The van der Waals surface area contributed by atoms with Crippen LogP contribution in [0.25, 0.3) is 0 Å². The van der Waals surface area contributed by atoms with Crippen LogP contribution in [0, 0.1) is 0 Å². The fraction of sp³-hybridized carbons (Fsp3) is 0.462. The lowest BCUT2D eigenvalue weighted by molar-refractivity contribution is -0.137. The maximum Gasteiger partial charge on any atom is 0.416 e. The van der Waals surface area contributed by atoms with Crippen LogP contribution >= 0.6 is 0 Å². The predicted octanol–water partition coefficient (Wildman–Crippen LogP) is 2.74. The molecule has 0 spiro atoms. The molecule has 0 unspecified atom stereocenters. The molecule has 19 heavy (non-hydrogen) atoms. The molecule has 1 aliphatic heterocycles. The Balaban J connectivity index is 1.87. The Labute approximate surface area is 109 Å². The van der Waals surface area contributed by atoms with Crippen molar-refractivity contribution in [1.29, 1.82) is 0 Å². The van der Waals surface area contributed by atoms with Crippen molar-refractivity contribution in [2.75, 3.05) is 25.0 Å². The highest BCUT2D eigenvalue weighted by Crippen LogP contribution is 2.29. The van der Waals surface area contributed by atoms with Gasteiger partial charge in [-0.2, -0.15) is 13.2 Å². The number of alkyl halides is 3. The van der Waals surface area contributed by atoms with Gasteiger partial charge in [-0.25, -0.2) is 0 Å². The number of anilines is 1. The first kappa shape index (κ1) is 13.7. The van der Waals surface area contributed by atoms with Crippen LogP contribution in [0.1, 0.15) is 18.4 Å². The highest BCUT2D eigenvalue weighted by Gasteiger charge is 2.29. The summed E-state index contributed by atoms with van der Waals surface area (Å²) in [6, 6.07) is 4.67. The van der Waals surface area contributed by atoms with E-state index in [1.807, 2.05) is 0 Å². The van der Waals surface area contributed by atoms with Crippen molar-refractivity contribution in [3.8, 4) is 0 Å². The molecule has 6 heteroatoms. The maximum atomic E-state index is 12.4. The monoisotopic (exact) mass is 272 g/mol. The Kier molecular flexibility index (Phi) is 3.97. The summed E-state index contributed by atoms with van der Waals surface area (Å²) in [7, 11) is 0. The smallest absolute Gasteiger partial charge is 0.376 e. The van der Waals surface area contributed by atoms with Crippen molar-refractivity contribution in [3.63, 3.8) is 0 Å². The molecule has 1 N–H and O–H groups in total. The number of halogens is 3. The molecule has 1 amide bonds. The molecule has 0 aromatic heterocycles. The molecule has 1 aliphatic rings. The molecule has 1 fully saturated rings. The van der Waals surface area contributed by atoms with Gasteiger partial charge in [0, 0.05) is 18.8 Å². The maximum absolute atomic E-state index is 12.4. The average molecular weight is 272 g/mol. The first-order valence-corrected chi connectivity index (χ1v) is 6.16. The van der Waals surface area contributed by atoms with Crippen molar-refractivity contribution >= 4 is 11.6 Å². The van der Waals surface area contributed by atoms with Crippen molar-refractivity contribution in [2.45, 2.75) is 19.0 Å². The van der Waals surface area contributed by atoms with E-state index in [9.17, 15) is 18.0 Å². The minimum absolute atomic E-state index is 0.0163. The van der Waals surface area contributed by atoms with Crippen LogP contribution < -0.4 is 5.32 Å². The Morgan fingerprint density at radius 3 is 2.26 bits per heavy atom. The predicted molar refractivity (Wildman–Crippen MR) is 65.7 cm³/mol. The van der Waals surface area contributed by atoms with Gasteiger partial charge < -0.3 is 10.2 Å². The lowest BCUT2D eigenvalue weighted by Gasteiger charge is -2.16. The number of amides is 1. The third-order valence-electron chi connectivity index (χ3n) is 3.11. The number of nitrogens with zero attached hydrogens (tertiary/aromatic N) is 1. The molecule has 1 saturated heterocycles. The minimum Gasteiger partial charge on any atom is -0.376 e. The third-order valence-corrected chi connectivity index (χ3v) is 3.11. The number of carbonyl (C=O) groups is 1. The molecule has 0 radical (unpaired) electrons. The van der Waals surface area contributed by atoms with Crippen LogP contribution in [0.5, 0.6) is 0 Å². The zero-order valence-electron chi connectivity index (χ0n) is 10.3. The van der Waals surface area contributed by atoms with Gasteiger partial charge >= 0.3 is 6.18 Å². The van der Waals surface area contributed by atoms with Crippen LogP contribution in [0.2, 0.25) is 0 Å². The SMILES string of the molecule is O=C(CNc1ccc(C(F)(F)F)cc1)N1CCCC1. The number of benzene rings is 1. The summed E-state index contributed by atoms with van der Waals surface area (Å²) in [6.45, 7) is 1.66. The molecule has 1 heterocycles. The largest absolute Gasteiger partial charge is 0.416 e. The standard InChI is InChI=1S/C13H15F3N2O/c14-13(15,16)10-3-5-11(6-4-10)17-9-12(19)18-7-1-2-8-18/h3-6,17H,1-2,7-9H2. The highest BCUT2D eigenvalue weighted by atomic mass is 19.4. The molecule has 0 saturated carbocycles. The molecule has 104 valence electrons. The normalized spacial score (nSPS) is 15.6. The van der Waals surface area contributed by atoms with E-state index in [1.54, 1.807) is 4.90 Å². The van der Waals surface area contributed by atoms with Crippen molar-refractivity contribution in [2.24, 2.45) is 0 Å². The van der Waals surface area contributed by atoms with Gasteiger partial charge in [-0.1, -0.05) is 0 Å². The molecule has 1 aromatic rings. The number of nitrogens with one attached hydrogen (secondary N) is 1. The number of carbonyl (C=O) groups excluding carboxylic acids is 1. The summed E-state index contributed by atoms with van der Waals surface area (Å²) in [6.07, 6.45) is -2.29. The molecule has 1 aromatic carbocycles. The highest BCUT2D eigenvalue weighted by molar-refractivity contribution is 5.81. The van der Waals surface area contributed by atoms with Crippen LogP contribution in [0.15, 0.2) is 24.3 Å². The molecule has 0 bridgehead atoms. The Bertz CT molecular complexity index is 436.